The number of hydrogen-bond donors (Lipinski definition) is 1. The fraction of sp³-hybridized carbons (Fsp3) is 0.478. The maximum absolute atomic E-state index is 14.0. The molecular formula is C23H30FN3O3S. The van der Waals surface area contributed by atoms with Gasteiger partial charge in [0.2, 0.25) is 10.0 Å². The zero-order chi connectivity index (χ0) is 22.0. The summed E-state index contributed by atoms with van der Waals surface area (Å²) in [4.78, 5) is 4.50. The summed E-state index contributed by atoms with van der Waals surface area (Å²) in [6, 6.07) is 12.0. The first-order chi connectivity index (χ1) is 14.8. The molecule has 0 unspecified atom stereocenters. The molecule has 0 saturated carbocycles. The molecule has 2 aromatic rings. The van der Waals surface area contributed by atoms with Gasteiger partial charge in [-0.05, 0) is 30.5 Å². The quantitative estimate of drug-likeness (QED) is 0.763. The van der Waals surface area contributed by atoms with Crippen molar-refractivity contribution in [2.45, 2.75) is 37.8 Å². The summed E-state index contributed by atoms with van der Waals surface area (Å²) in [5, 5.41) is 0. The Bertz CT molecular complexity index is 1020. The van der Waals surface area contributed by atoms with E-state index in [4.69, 9.17) is 4.74 Å². The van der Waals surface area contributed by atoms with Crippen LogP contribution in [0.3, 0.4) is 0 Å². The van der Waals surface area contributed by atoms with Crippen LogP contribution in [0.4, 0.5) is 10.1 Å². The Hall–Kier alpha value is -2.16. The van der Waals surface area contributed by atoms with Crippen LogP contribution in [-0.2, 0) is 16.6 Å². The predicted octanol–water partition coefficient (Wildman–Crippen LogP) is 3.23. The molecule has 0 radical (unpaired) electrons. The summed E-state index contributed by atoms with van der Waals surface area (Å²) >= 11 is 0. The second-order valence-corrected chi connectivity index (χ2v) is 10.4. The van der Waals surface area contributed by atoms with Gasteiger partial charge in [0, 0.05) is 38.3 Å². The first-order valence-electron chi connectivity index (χ1n) is 10.8. The molecule has 6 nitrogen and oxygen atoms in total. The average Bonchev–Trinajstić information content (AvgIpc) is 2.85. The van der Waals surface area contributed by atoms with Crippen molar-refractivity contribution in [1.29, 1.82) is 0 Å². The number of anilines is 1. The largest absolute Gasteiger partial charge is 0.490 e. The predicted molar refractivity (Wildman–Crippen MR) is 119 cm³/mol. The van der Waals surface area contributed by atoms with Crippen molar-refractivity contribution in [1.82, 2.24) is 9.62 Å². The SMILES string of the molecule is CC(C)C[C@@H]1COc2cccc(N3CCN(Cc4ccccc4F)CC3)c2S(=O)(=O)N1. The third-order valence-electron chi connectivity index (χ3n) is 5.81. The van der Waals surface area contributed by atoms with Crippen LogP contribution in [-0.4, -0.2) is 52.1 Å². The average molecular weight is 448 g/mol. The van der Waals surface area contributed by atoms with Crippen LogP contribution in [0.25, 0.3) is 0 Å². The van der Waals surface area contributed by atoms with E-state index in [9.17, 15) is 12.8 Å². The second kappa shape index (κ2) is 9.14. The molecule has 0 bridgehead atoms. The number of sulfonamides is 1. The van der Waals surface area contributed by atoms with Gasteiger partial charge in [-0.2, -0.15) is 0 Å². The minimum absolute atomic E-state index is 0.191. The van der Waals surface area contributed by atoms with Crippen LogP contribution in [0.5, 0.6) is 5.75 Å². The number of hydrogen-bond acceptors (Lipinski definition) is 5. The third-order valence-corrected chi connectivity index (χ3v) is 7.40. The van der Waals surface area contributed by atoms with Crippen LogP contribution in [0.15, 0.2) is 47.4 Å². The number of piperazine rings is 1. The molecule has 8 heteroatoms. The van der Waals surface area contributed by atoms with Crippen molar-refractivity contribution in [3.05, 3.63) is 53.8 Å². The molecule has 2 aliphatic rings. The molecule has 168 valence electrons. The van der Waals surface area contributed by atoms with Gasteiger partial charge in [0.15, 0.2) is 0 Å². The van der Waals surface area contributed by atoms with E-state index in [1.165, 1.54) is 6.07 Å². The van der Waals surface area contributed by atoms with Gasteiger partial charge < -0.3 is 9.64 Å². The summed E-state index contributed by atoms with van der Waals surface area (Å²) in [7, 11) is -3.70. The van der Waals surface area contributed by atoms with E-state index in [0.717, 1.165) is 19.5 Å². The normalized spacial score (nSPS) is 21.4. The molecule has 2 aliphatic heterocycles. The van der Waals surface area contributed by atoms with Gasteiger partial charge in [0.05, 0.1) is 11.7 Å². The highest BCUT2D eigenvalue weighted by atomic mass is 32.2. The molecule has 0 amide bonds. The zero-order valence-corrected chi connectivity index (χ0v) is 18.9. The first-order valence-corrected chi connectivity index (χ1v) is 12.3. The fourth-order valence-electron chi connectivity index (χ4n) is 4.34. The summed E-state index contributed by atoms with van der Waals surface area (Å²) in [6.45, 7) is 7.78. The highest BCUT2D eigenvalue weighted by molar-refractivity contribution is 7.89. The van der Waals surface area contributed by atoms with E-state index in [1.54, 1.807) is 12.1 Å². The van der Waals surface area contributed by atoms with Crippen molar-refractivity contribution in [3.63, 3.8) is 0 Å². The standard InChI is InChI=1S/C23H30FN3O3S/c1-17(2)14-19-16-30-22-9-5-8-21(23(22)31(28,29)25-19)27-12-10-26(11-13-27)15-18-6-3-4-7-20(18)24/h3-9,17,19,25H,10-16H2,1-2H3/t19-/m1/s1. The molecule has 2 heterocycles. The van der Waals surface area contributed by atoms with Crippen molar-refractivity contribution >= 4 is 15.7 Å². The number of benzene rings is 2. The molecule has 0 aromatic heterocycles. The Kier molecular flexibility index (Phi) is 6.50. The molecular weight excluding hydrogens is 417 g/mol. The van der Waals surface area contributed by atoms with Crippen molar-refractivity contribution < 1.29 is 17.5 Å². The number of nitrogens with one attached hydrogen (secondary N) is 1. The molecule has 1 fully saturated rings. The van der Waals surface area contributed by atoms with E-state index in [2.05, 4.69) is 28.4 Å². The second-order valence-electron chi connectivity index (χ2n) is 8.72. The Morgan fingerprint density at radius 3 is 2.55 bits per heavy atom. The van der Waals surface area contributed by atoms with Crippen LogP contribution in [0.2, 0.25) is 0 Å². The molecule has 31 heavy (non-hydrogen) atoms. The zero-order valence-electron chi connectivity index (χ0n) is 18.1. The summed E-state index contributed by atoms with van der Waals surface area (Å²) < 4.78 is 49.2. The maximum Gasteiger partial charge on any atom is 0.246 e. The maximum atomic E-state index is 14.0. The number of fused-ring (bicyclic) bond motifs is 1. The monoisotopic (exact) mass is 447 g/mol. The first kappa shape index (κ1) is 22.0. The Labute approximate surface area is 184 Å². The van der Waals surface area contributed by atoms with Crippen molar-refractivity contribution in [2.75, 3.05) is 37.7 Å². The third kappa shape index (κ3) is 5.02. The molecule has 1 saturated heterocycles. The highest BCUT2D eigenvalue weighted by Crippen LogP contribution is 2.36. The van der Waals surface area contributed by atoms with Gasteiger partial charge in [-0.1, -0.05) is 38.1 Å². The Morgan fingerprint density at radius 1 is 1.10 bits per heavy atom. The lowest BCUT2D eigenvalue weighted by Crippen LogP contribution is -2.46. The minimum Gasteiger partial charge on any atom is -0.490 e. The van der Waals surface area contributed by atoms with Gasteiger partial charge >= 0.3 is 0 Å². The smallest absolute Gasteiger partial charge is 0.246 e. The van der Waals surface area contributed by atoms with E-state index in [0.29, 0.717) is 49.2 Å². The molecule has 0 spiro atoms. The van der Waals surface area contributed by atoms with E-state index >= 15 is 0 Å². The van der Waals surface area contributed by atoms with Gasteiger partial charge in [-0.25, -0.2) is 17.5 Å². The minimum atomic E-state index is -3.70. The molecule has 1 atom stereocenters. The fourth-order valence-corrected chi connectivity index (χ4v) is 5.92. The number of halogens is 1. The lowest BCUT2D eigenvalue weighted by Gasteiger charge is -2.37. The van der Waals surface area contributed by atoms with Gasteiger partial charge in [0.25, 0.3) is 0 Å². The summed E-state index contributed by atoms with van der Waals surface area (Å²) in [6.07, 6.45) is 0.720. The van der Waals surface area contributed by atoms with Gasteiger partial charge in [-0.3, -0.25) is 4.90 Å². The van der Waals surface area contributed by atoms with E-state index < -0.39 is 10.0 Å². The van der Waals surface area contributed by atoms with Crippen LogP contribution < -0.4 is 14.4 Å². The number of ether oxygens (including phenoxy) is 1. The number of nitrogens with zero attached hydrogens (tertiary/aromatic N) is 2. The van der Waals surface area contributed by atoms with Crippen LogP contribution in [0, 0.1) is 11.7 Å². The summed E-state index contributed by atoms with van der Waals surface area (Å²) in [5.74, 6) is 0.577. The van der Waals surface area contributed by atoms with Crippen molar-refractivity contribution in [2.24, 2.45) is 5.92 Å². The lowest BCUT2D eigenvalue weighted by molar-refractivity contribution is 0.245. The van der Waals surface area contributed by atoms with E-state index in [1.807, 2.05) is 24.3 Å². The van der Waals surface area contributed by atoms with Crippen LogP contribution in [0.1, 0.15) is 25.8 Å². The van der Waals surface area contributed by atoms with E-state index in [-0.39, 0.29) is 16.8 Å². The topological polar surface area (TPSA) is 61.9 Å². The van der Waals surface area contributed by atoms with Gasteiger partial charge in [0.1, 0.15) is 23.1 Å². The highest BCUT2D eigenvalue weighted by Gasteiger charge is 2.33. The number of rotatable bonds is 5. The van der Waals surface area contributed by atoms with Crippen molar-refractivity contribution in [3.8, 4) is 5.75 Å². The molecule has 2 aromatic carbocycles. The van der Waals surface area contributed by atoms with Crippen LogP contribution >= 0.6 is 0 Å². The Morgan fingerprint density at radius 2 is 1.84 bits per heavy atom. The summed E-state index contributed by atoms with van der Waals surface area (Å²) in [5.41, 5.74) is 1.35. The molecule has 0 aliphatic carbocycles. The Balaban J connectivity index is 1.51. The molecule has 1 N–H and O–H groups in total. The van der Waals surface area contributed by atoms with Gasteiger partial charge in [-0.15, -0.1) is 0 Å². The lowest BCUT2D eigenvalue weighted by atomic mass is 10.1. The molecule has 4 rings (SSSR count).